The normalized spacial score (nSPS) is 11.8. The summed E-state index contributed by atoms with van der Waals surface area (Å²) < 4.78 is 29.4. The third-order valence-corrected chi connectivity index (χ3v) is 4.61. The van der Waals surface area contributed by atoms with E-state index >= 15 is 0 Å². The molecule has 0 N–H and O–H groups in total. The minimum Gasteiger partial charge on any atom is -0.492 e. The molecule has 0 heterocycles. The number of halogens is 1. The summed E-state index contributed by atoms with van der Waals surface area (Å²) in [5.41, 5.74) is 1.02. The van der Waals surface area contributed by atoms with E-state index in [0.717, 1.165) is 11.3 Å². The fourth-order valence-corrected chi connectivity index (χ4v) is 2.24. The summed E-state index contributed by atoms with van der Waals surface area (Å²) >= 11 is 5.34. The van der Waals surface area contributed by atoms with Crippen LogP contribution in [0.5, 0.6) is 5.75 Å². The Balaban J connectivity index is 2.47. The van der Waals surface area contributed by atoms with Gasteiger partial charge in [-0.1, -0.05) is 18.2 Å². The first-order valence-electron chi connectivity index (χ1n) is 5.16. The van der Waals surface area contributed by atoms with Crippen LogP contribution in [0, 0.1) is 6.92 Å². The molecule has 0 amide bonds. The van der Waals surface area contributed by atoms with Crippen molar-refractivity contribution in [2.75, 3.05) is 25.4 Å². The van der Waals surface area contributed by atoms with Crippen molar-refractivity contribution < 1.29 is 13.2 Å². The average molecular weight is 278 g/mol. The highest BCUT2D eigenvalue weighted by Crippen LogP contribution is 2.15. The lowest BCUT2D eigenvalue weighted by atomic mass is 10.2. The van der Waals surface area contributed by atoms with Gasteiger partial charge in [-0.2, -0.15) is 0 Å². The van der Waals surface area contributed by atoms with E-state index in [2.05, 4.69) is 0 Å². The number of hydrogen-bond donors (Lipinski definition) is 0. The zero-order chi connectivity index (χ0) is 12.9. The molecular formula is C11H16ClNO3S. The number of aryl methyl sites for hydroxylation is 1. The second kappa shape index (κ2) is 6.23. The predicted octanol–water partition coefficient (Wildman–Crippen LogP) is 1.83. The van der Waals surface area contributed by atoms with Gasteiger partial charge in [0.25, 0.3) is 0 Å². The summed E-state index contributed by atoms with van der Waals surface area (Å²) in [6.07, 6.45) is 0. The third kappa shape index (κ3) is 4.18. The monoisotopic (exact) mass is 277 g/mol. The molecule has 1 aromatic carbocycles. The largest absolute Gasteiger partial charge is 0.492 e. The van der Waals surface area contributed by atoms with Gasteiger partial charge in [0.05, 0.1) is 0 Å². The van der Waals surface area contributed by atoms with Crippen LogP contribution in [0.1, 0.15) is 5.56 Å². The van der Waals surface area contributed by atoms with Crippen molar-refractivity contribution in [1.29, 1.82) is 0 Å². The minimum atomic E-state index is -3.34. The lowest BCUT2D eigenvalue weighted by Crippen LogP contribution is -2.31. The number of nitrogens with zero attached hydrogens (tertiary/aromatic N) is 1. The molecule has 17 heavy (non-hydrogen) atoms. The molecule has 0 fully saturated rings. The summed E-state index contributed by atoms with van der Waals surface area (Å²) in [5.74, 6) is 0.768. The molecule has 0 aromatic heterocycles. The predicted molar refractivity (Wildman–Crippen MR) is 68.9 cm³/mol. The number of ether oxygens (including phenoxy) is 1. The molecule has 0 saturated heterocycles. The van der Waals surface area contributed by atoms with Crippen LogP contribution >= 0.6 is 11.6 Å². The van der Waals surface area contributed by atoms with Crippen molar-refractivity contribution >= 4 is 21.6 Å². The zero-order valence-electron chi connectivity index (χ0n) is 9.89. The third-order valence-electron chi connectivity index (χ3n) is 2.37. The van der Waals surface area contributed by atoms with Gasteiger partial charge >= 0.3 is 0 Å². The second-order valence-electron chi connectivity index (χ2n) is 3.66. The van der Waals surface area contributed by atoms with E-state index in [0.29, 0.717) is 6.61 Å². The van der Waals surface area contributed by atoms with Crippen LogP contribution in [0.4, 0.5) is 0 Å². The maximum Gasteiger partial charge on any atom is 0.228 e. The molecule has 0 atom stereocenters. The van der Waals surface area contributed by atoms with Crippen LogP contribution in [-0.4, -0.2) is 38.1 Å². The summed E-state index contributed by atoms with van der Waals surface area (Å²) in [6.45, 7) is 2.52. The number of alkyl halides is 1. The van der Waals surface area contributed by atoms with Crippen LogP contribution in [0.25, 0.3) is 0 Å². The van der Waals surface area contributed by atoms with E-state index in [-0.39, 0.29) is 6.54 Å². The van der Waals surface area contributed by atoms with Crippen LogP contribution < -0.4 is 4.74 Å². The molecule has 1 aromatic rings. The maximum absolute atomic E-state index is 11.3. The molecule has 96 valence electrons. The van der Waals surface area contributed by atoms with Gasteiger partial charge in [-0.3, -0.25) is 0 Å². The van der Waals surface area contributed by atoms with Crippen molar-refractivity contribution in [3.8, 4) is 5.75 Å². The summed E-state index contributed by atoms with van der Waals surface area (Å²) in [4.78, 5) is 0. The van der Waals surface area contributed by atoms with E-state index in [4.69, 9.17) is 16.3 Å². The molecule has 0 aliphatic carbocycles. The molecule has 0 aliphatic rings. The van der Waals surface area contributed by atoms with Gasteiger partial charge in [0.1, 0.15) is 17.6 Å². The SMILES string of the molecule is Cc1ccccc1OCCN(C)S(=O)(=O)CCl. The number of likely N-dealkylation sites (N-methyl/N-ethyl adjacent to an activating group) is 1. The summed E-state index contributed by atoms with van der Waals surface area (Å²) in [6, 6.07) is 7.59. The van der Waals surface area contributed by atoms with Gasteiger partial charge in [-0.15, -0.1) is 11.6 Å². The molecule has 6 heteroatoms. The van der Waals surface area contributed by atoms with E-state index in [1.165, 1.54) is 11.4 Å². The smallest absolute Gasteiger partial charge is 0.228 e. The fraction of sp³-hybridized carbons (Fsp3) is 0.455. The van der Waals surface area contributed by atoms with Crippen LogP contribution in [-0.2, 0) is 10.0 Å². The van der Waals surface area contributed by atoms with Gasteiger partial charge in [0.15, 0.2) is 0 Å². The van der Waals surface area contributed by atoms with Crippen molar-refractivity contribution in [2.45, 2.75) is 6.92 Å². The van der Waals surface area contributed by atoms with Gasteiger partial charge in [0, 0.05) is 13.6 Å². The molecule has 0 spiro atoms. The van der Waals surface area contributed by atoms with Gasteiger partial charge < -0.3 is 4.74 Å². The van der Waals surface area contributed by atoms with Crippen LogP contribution in [0.15, 0.2) is 24.3 Å². The Morgan fingerprint density at radius 1 is 1.35 bits per heavy atom. The van der Waals surface area contributed by atoms with E-state index in [1.807, 2.05) is 31.2 Å². The first-order valence-corrected chi connectivity index (χ1v) is 7.30. The van der Waals surface area contributed by atoms with Crippen molar-refractivity contribution in [2.24, 2.45) is 0 Å². The Hall–Kier alpha value is -0.780. The Bertz CT molecular complexity index is 462. The molecule has 0 radical (unpaired) electrons. The highest BCUT2D eigenvalue weighted by Gasteiger charge is 2.15. The Kier molecular flexibility index (Phi) is 5.24. The van der Waals surface area contributed by atoms with Crippen molar-refractivity contribution in [3.63, 3.8) is 0 Å². The number of sulfonamides is 1. The van der Waals surface area contributed by atoms with Crippen LogP contribution in [0.3, 0.4) is 0 Å². The first kappa shape index (κ1) is 14.3. The minimum absolute atomic E-state index is 0.281. The molecular weight excluding hydrogens is 262 g/mol. The zero-order valence-corrected chi connectivity index (χ0v) is 11.5. The summed E-state index contributed by atoms with van der Waals surface area (Å²) in [5, 5.41) is -0.409. The highest BCUT2D eigenvalue weighted by molar-refractivity contribution is 7.90. The van der Waals surface area contributed by atoms with E-state index in [9.17, 15) is 8.42 Å². The van der Waals surface area contributed by atoms with Gasteiger partial charge in [-0.05, 0) is 18.6 Å². The maximum atomic E-state index is 11.3. The van der Waals surface area contributed by atoms with Crippen molar-refractivity contribution in [3.05, 3.63) is 29.8 Å². The second-order valence-corrected chi connectivity index (χ2v) is 6.32. The van der Waals surface area contributed by atoms with Gasteiger partial charge in [0.2, 0.25) is 10.0 Å². The van der Waals surface area contributed by atoms with E-state index in [1.54, 1.807) is 0 Å². The molecule has 0 aliphatic heterocycles. The number of rotatable bonds is 6. The van der Waals surface area contributed by atoms with Crippen LogP contribution in [0.2, 0.25) is 0 Å². The van der Waals surface area contributed by atoms with Crippen molar-refractivity contribution in [1.82, 2.24) is 4.31 Å². The number of para-hydroxylation sites is 1. The topological polar surface area (TPSA) is 46.6 Å². The standard InChI is InChI=1S/C11H16ClNO3S/c1-10-5-3-4-6-11(10)16-8-7-13(2)17(14,15)9-12/h3-6H,7-9H2,1-2H3. The number of benzene rings is 1. The lowest BCUT2D eigenvalue weighted by molar-refractivity contribution is 0.285. The fourth-order valence-electron chi connectivity index (χ4n) is 1.22. The molecule has 1 rings (SSSR count). The summed E-state index contributed by atoms with van der Waals surface area (Å²) in [7, 11) is -1.86. The molecule has 0 bridgehead atoms. The van der Waals surface area contributed by atoms with E-state index < -0.39 is 15.2 Å². The Morgan fingerprint density at radius 3 is 2.59 bits per heavy atom. The quantitative estimate of drug-likeness (QED) is 0.746. The molecule has 0 unspecified atom stereocenters. The molecule has 0 saturated carbocycles. The number of hydrogen-bond acceptors (Lipinski definition) is 3. The highest BCUT2D eigenvalue weighted by atomic mass is 35.5. The van der Waals surface area contributed by atoms with Gasteiger partial charge in [-0.25, -0.2) is 12.7 Å². The first-order chi connectivity index (χ1) is 7.97. The Labute approximate surface area is 107 Å². The average Bonchev–Trinajstić information content (AvgIpc) is 2.31. The molecule has 4 nitrogen and oxygen atoms in total. The lowest BCUT2D eigenvalue weighted by Gasteiger charge is -2.16. The Morgan fingerprint density at radius 2 is 2.00 bits per heavy atom.